The number of alkyl halides is 3. The molecule has 2 heterocycles. The molecule has 0 bridgehead atoms. The Kier molecular flexibility index (Phi) is 8.40. The Morgan fingerprint density at radius 3 is 2.50 bits per heavy atom. The lowest BCUT2D eigenvalue weighted by atomic mass is 10.0. The first-order valence-electron chi connectivity index (χ1n) is 10.2. The Morgan fingerprint density at radius 2 is 1.88 bits per heavy atom. The molecule has 8 nitrogen and oxygen atoms in total. The number of aliphatic carboxylic acids is 1. The van der Waals surface area contributed by atoms with Gasteiger partial charge < -0.3 is 25.0 Å². The zero-order valence-corrected chi connectivity index (χ0v) is 18.9. The number of ether oxygens (including phenoxy) is 1. The zero-order valence-electron chi connectivity index (χ0n) is 18.1. The van der Waals surface area contributed by atoms with Crippen LogP contribution in [-0.4, -0.2) is 70.5 Å². The number of methoxy groups -OCH3 is 1. The lowest BCUT2D eigenvalue weighted by Gasteiger charge is -2.34. The summed E-state index contributed by atoms with van der Waals surface area (Å²) in [5, 5.41) is 11.4. The molecule has 1 aliphatic heterocycles. The van der Waals surface area contributed by atoms with Gasteiger partial charge in [0, 0.05) is 25.7 Å². The van der Waals surface area contributed by atoms with E-state index in [4.69, 9.17) is 14.6 Å². The van der Waals surface area contributed by atoms with Crippen LogP contribution in [0.1, 0.15) is 11.6 Å². The average molecular weight is 497 g/mol. The highest BCUT2D eigenvalue weighted by atomic mass is 32.2. The molecule has 182 valence electrons. The van der Waals surface area contributed by atoms with Crippen LogP contribution in [0, 0.1) is 0 Å². The van der Waals surface area contributed by atoms with E-state index in [9.17, 15) is 18.0 Å². The van der Waals surface area contributed by atoms with Crippen LogP contribution in [0.15, 0.2) is 53.7 Å². The van der Waals surface area contributed by atoms with Crippen molar-refractivity contribution in [1.82, 2.24) is 20.2 Å². The van der Waals surface area contributed by atoms with Gasteiger partial charge in [0.15, 0.2) is 5.16 Å². The van der Waals surface area contributed by atoms with Gasteiger partial charge in [0.1, 0.15) is 5.75 Å². The molecule has 1 fully saturated rings. The van der Waals surface area contributed by atoms with Crippen LogP contribution < -0.4 is 10.1 Å². The van der Waals surface area contributed by atoms with Gasteiger partial charge in [-0.2, -0.15) is 13.2 Å². The summed E-state index contributed by atoms with van der Waals surface area (Å²) in [6.07, 6.45) is -5.08. The molecule has 1 aliphatic rings. The molecule has 34 heavy (non-hydrogen) atoms. The van der Waals surface area contributed by atoms with E-state index >= 15 is 0 Å². The molecule has 1 aromatic heterocycles. The van der Waals surface area contributed by atoms with Gasteiger partial charge in [-0.05, 0) is 29.8 Å². The van der Waals surface area contributed by atoms with E-state index in [1.165, 1.54) is 17.3 Å². The van der Waals surface area contributed by atoms with Gasteiger partial charge in [-0.3, -0.25) is 4.79 Å². The number of carboxylic acids is 1. The highest BCUT2D eigenvalue weighted by molar-refractivity contribution is 7.99. The Hall–Kier alpha value is -3.25. The smallest absolute Gasteiger partial charge is 0.490 e. The number of H-pyrrole nitrogens is 1. The Balaban J connectivity index is 0.000000406. The molecule has 1 amide bonds. The van der Waals surface area contributed by atoms with Crippen LogP contribution in [-0.2, 0) is 9.59 Å². The van der Waals surface area contributed by atoms with E-state index < -0.39 is 12.1 Å². The number of benzene rings is 2. The molecule has 1 unspecified atom stereocenters. The quantitative estimate of drug-likeness (QED) is 0.465. The summed E-state index contributed by atoms with van der Waals surface area (Å²) in [5.41, 5.74) is 3.08. The van der Waals surface area contributed by atoms with Crippen LogP contribution in [0.2, 0.25) is 0 Å². The van der Waals surface area contributed by atoms with Gasteiger partial charge in [0.2, 0.25) is 5.91 Å². The first-order valence-corrected chi connectivity index (χ1v) is 11.2. The minimum absolute atomic E-state index is 0.139. The molecule has 3 aromatic rings. The second-order valence-electron chi connectivity index (χ2n) is 7.27. The fourth-order valence-electron chi connectivity index (χ4n) is 3.26. The van der Waals surface area contributed by atoms with Crippen molar-refractivity contribution >= 4 is 34.7 Å². The Bertz CT molecular complexity index is 1090. The summed E-state index contributed by atoms with van der Waals surface area (Å²) < 4.78 is 37.0. The molecule has 0 aliphatic carbocycles. The van der Waals surface area contributed by atoms with Gasteiger partial charge in [0.05, 0.1) is 23.9 Å². The van der Waals surface area contributed by atoms with Gasteiger partial charge in [-0.15, -0.1) is 0 Å². The first-order chi connectivity index (χ1) is 16.2. The number of fused-ring (bicyclic) bond motifs is 1. The fraction of sp³-hybridized carbons (Fsp3) is 0.318. The van der Waals surface area contributed by atoms with Crippen LogP contribution in [0.3, 0.4) is 0 Å². The van der Waals surface area contributed by atoms with Gasteiger partial charge in [-0.1, -0.05) is 36.0 Å². The minimum Gasteiger partial charge on any atom is -0.497 e. The van der Waals surface area contributed by atoms with Gasteiger partial charge in [-0.25, -0.2) is 9.78 Å². The maximum atomic E-state index is 12.7. The summed E-state index contributed by atoms with van der Waals surface area (Å²) >= 11 is 1.46. The largest absolute Gasteiger partial charge is 0.497 e. The Morgan fingerprint density at radius 1 is 1.21 bits per heavy atom. The monoisotopic (exact) mass is 496 g/mol. The average Bonchev–Trinajstić information content (AvgIpc) is 3.25. The lowest BCUT2D eigenvalue weighted by Crippen LogP contribution is -2.48. The van der Waals surface area contributed by atoms with Crippen LogP contribution in [0.5, 0.6) is 5.75 Å². The Labute approximate surface area is 197 Å². The van der Waals surface area contributed by atoms with Crippen molar-refractivity contribution in [3.8, 4) is 5.75 Å². The predicted molar refractivity (Wildman–Crippen MR) is 121 cm³/mol. The number of amides is 1. The van der Waals surface area contributed by atoms with E-state index in [1.54, 1.807) is 7.11 Å². The number of carbonyl (C=O) groups excluding carboxylic acids is 1. The summed E-state index contributed by atoms with van der Waals surface area (Å²) in [6, 6.07) is 16.0. The number of imidazole rings is 1. The normalized spacial score (nSPS) is 16.0. The molecule has 1 saturated heterocycles. The van der Waals surface area contributed by atoms with Crippen molar-refractivity contribution in [2.75, 3.05) is 32.5 Å². The highest BCUT2D eigenvalue weighted by Crippen LogP contribution is 2.23. The number of aromatic nitrogens is 2. The van der Waals surface area contributed by atoms with E-state index in [0.29, 0.717) is 12.3 Å². The van der Waals surface area contributed by atoms with Crippen molar-refractivity contribution < 1.29 is 32.6 Å². The fourth-order valence-corrected chi connectivity index (χ4v) is 4.04. The third-order valence-corrected chi connectivity index (χ3v) is 5.85. The summed E-state index contributed by atoms with van der Waals surface area (Å²) in [5.74, 6) is -1.40. The third kappa shape index (κ3) is 6.87. The number of para-hydroxylation sites is 2. The predicted octanol–water partition coefficient (Wildman–Crippen LogP) is 3.47. The summed E-state index contributed by atoms with van der Waals surface area (Å²) in [6.45, 7) is 2.19. The highest BCUT2D eigenvalue weighted by Gasteiger charge is 2.38. The van der Waals surface area contributed by atoms with E-state index in [0.717, 1.165) is 35.0 Å². The van der Waals surface area contributed by atoms with E-state index in [-0.39, 0.29) is 11.9 Å². The van der Waals surface area contributed by atoms with Crippen LogP contribution in [0.4, 0.5) is 13.2 Å². The number of hydrogen-bond acceptors (Lipinski definition) is 6. The van der Waals surface area contributed by atoms with E-state index in [2.05, 4.69) is 15.3 Å². The molecule has 1 atom stereocenters. The van der Waals surface area contributed by atoms with Crippen molar-refractivity contribution in [2.45, 2.75) is 17.4 Å². The minimum atomic E-state index is -5.08. The summed E-state index contributed by atoms with van der Waals surface area (Å²) in [4.78, 5) is 31.3. The number of carboxylic acid groups (broad SMARTS) is 1. The number of aromatic amines is 1. The molecular weight excluding hydrogens is 473 g/mol. The molecule has 4 rings (SSSR count). The second kappa shape index (κ2) is 11.3. The number of piperazine rings is 1. The van der Waals surface area contributed by atoms with Gasteiger partial charge >= 0.3 is 12.1 Å². The molecule has 0 saturated carbocycles. The number of rotatable bonds is 5. The number of halogens is 3. The van der Waals surface area contributed by atoms with Crippen LogP contribution in [0.25, 0.3) is 11.0 Å². The zero-order chi connectivity index (χ0) is 24.7. The second-order valence-corrected chi connectivity index (χ2v) is 8.23. The molecule has 2 aromatic carbocycles. The number of nitrogens with one attached hydrogen (secondary N) is 2. The van der Waals surface area contributed by atoms with Gasteiger partial charge in [0.25, 0.3) is 0 Å². The molecule has 12 heteroatoms. The van der Waals surface area contributed by atoms with E-state index in [1.807, 2.05) is 53.4 Å². The van der Waals surface area contributed by atoms with Crippen LogP contribution >= 0.6 is 11.8 Å². The molecule has 0 spiro atoms. The standard InChI is InChI=1S/C20H22N4O2S.C2HF3O2/c1-26-15-8-6-14(7-9-15)18-12-24(11-10-21-18)19(25)13-27-20-22-16-4-2-3-5-17(16)23-20;3-2(4,5)1(6)7/h2-9,18,21H,10-13H2,1H3,(H,22,23);(H,6,7). The SMILES string of the molecule is COc1ccc(C2CN(C(=O)CSc3nc4ccccc4[nH]3)CCN2)cc1.O=C(O)C(F)(F)F. The lowest BCUT2D eigenvalue weighted by molar-refractivity contribution is -0.192. The van der Waals surface area contributed by atoms with Crippen molar-refractivity contribution in [1.29, 1.82) is 0 Å². The summed E-state index contributed by atoms with van der Waals surface area (Å²) in [7, 11) is 1.66. The third-order valence-electron chi connectivity index (χ3n) is 4.99. The molecular formula is C22H23F3N4O4S. The van der Waals surface area contributed by atoms with Crippen molar-refractivity contribution in [3.05, 3.63) is 54.1 Å². The van der Waals surface area contributed by atoms with Crippen molar-refractivity contribution in [2.24, 2.45) is 0 Å². The number of hydrogen-bond donors (Lipinski definition) is 3. The first kappa shape index (κ1) is 25.4. The molecule has 0 radical (unpaired) electrons. The maximum Gasteiger partial charge on any atom is 0.490 e. The topological polar surface area (TPSA) is 108 Å². The molecule has 3 N–H and O–H groups in total. The number of nitrogens with zero attached hydrogens (tertiary/aromatic N) is 2. The number of carbonyl (C=O) groups is 2. The van der Waals surface area contributed by atoms with Crippen molar-refractivity contribution in [3.63, 3.8) is 0 Å². The number of thioether (sulfide) groups is 1. The maximum absolute atomic E-state index is 12.7.